The Bertz CT molecular complexity index is 981. The van der Waals surface area contributed by atoms with E-state index in [4.69, 9.17) is 0 Å². The fourth-order valence-electron chi connectivity index (χ4n) is 2.74. The van der Waals surface area contributed by atoms with Crippen LogP contribution in [0.5, 0.6) is 0 Å². The van der Waals surface area contributed by atoms with Crippen molar-refractivity contribution in [2.45, 2.75) is 6.42 Å². The third kappa shape index (κ3) is 4.71. The Morgan fingerprint density at radius 2 is 1.69 bits per heavy atom. The third-order valence-electron chi connectivity index (χ3n) is 4.08. The molecule has 0 fully saturated rings. The molecular formula is C19H21N3O3S. The second kappa shape index (κ2) is 8.16. The molecular weight excluding hydrogens is 350 g/mol. The summed E-state index contributed by atoms with van der Waals surface area (Å²) in [6.07, 6.45) is 2.50. The molecule has 1 aromatic heterocycles. The molecule has 0 spiro atoms. The first-order valence-electron chi connectivity index (χ1n) is 8.41. The van der Waals surface area contributed by atoms with E-state index in [-0.39, 0.29) is 18.2 Å². The predicted molar refractivity (Wildman–Crippen MR) is 103 cm³/mol. The van der Waals surface area contributed by atoms with Crippen molar-refractivity contribution in [3.05, 3.63) is 71.9 Å². The number of carbonyl (C=O) groups is 1. The molecule has 3 rings (SSSR count). The Kier molecular flexibility index (Phi) is 5.70. The van der Waals surface area contributed by atoms with Crippen LogP contribution in [0.1, 0.15) is 15.9 Å². The molecule has 0 aliphatic heterocycles. The molecule has 0 atom stereocenters. The number of H-pyrrole nitrogens is 1. The van der Waals surface area contributed by atoms with Crippen molar-refractivity contribution in [1.29, 1.82) is 0 Å². The number of hydrogen-bond acceptors (Lipinski definition) is 3. The van der Waals surface area contributed by atoms with Gasteiger partial charge in [0.05, 0.1) is 5.75 Å². The number of carbonyl (C=O) groups excluding carboxylic acids is 1. The maximum atomic E-state index is 12.1. The van der Waals surface area contributed by atoms with Gasteiger partial charge in [-0.05, 0) is 30.2 Å². The first kappa shape index (κ1) is 18.2. The van der Waals surface area contributed by atoms with E-state index in [2.05, 4.69) is 15.0 Å². The molecule has 1 heterocycles. The van der Waals surface area contributed by atoms with Gasteiger partial charge in [0.1, 0.15) is 0 Å². The quantitative estimate of drug-likeness (QED) is 0.566. The molecule has 0 bridgehead atoms. The fourth-order valence-corrected chi connectivity index (χ4v) is 3.67. The summed E-state index contributed by atoms with van der Waals surface area (Å²) in [4.78, 5) is 15.1. The standard InChI is InChI=1S/C19H21N3O3S/c23-19(15-6-2-1-3-7-15)20-12-13-26(24,25)22-11-10-16-14-21-18-9-5-4-8-17(16)18/h1-9,14,21-22H,10-13H2,(H,20,23). The van der Waals surface area contributed by atoms with Gasteiger partial charge in [-0.2, -0.15) is 0 Å². The van der Waals surface area contributed by atoms with Gasteiger partial charge >= 0.3 is 0 Å². The predicted octanol–water partition coefficient (Wildman–Crippen LogP) is 2.06. The van der Waals surface area contributed by atoms with Crippen LogP contribution in [0.25, 0.3) is 10.9 Å². The molecule has 26 heavy (non-hydrogen) atoms. The van der Waals surface area contributed by atoms with E-state index in [9.17, 15) is 13.2 Å². The van der Waals surface area contributed by atoms with Gasteiger partial charge in [0.25, 0.3) is 5.91 Å². The second-order valence-corrected chi connectivity index (χ2v) is 7.87. The SMILES string of the molecule is O=C(NCCS(=O)(=O)NCCc1c[nH]c2ccccc12)c1ccccc1. The zero-order valence-corrected chi connectivity index (χ0v) is 15.1. The summed E-state index contributed by atoms with van der Waals surface area (Å²) < 4.78 is 26.7. The van der Waals surface area contributed by atoms with Crippen molar-refractivity contribution in [1.82, 2.24) is 15.0 Å². The Labute approximate surface area is 152 Å². The lowest BCUT2D eigenvalue weighted by atomic mass is 10.1. The minimum absolute atomic E-state index is 0.0656. The minimum Gasteiger partial charge on any atom is -0.361 e. The van der Waals surface area contributed by atoms with E-state index in [1.54, 1.807) is 24.3 Å². The highest BCUT2D eigenvalue weighted by Gasteiger charge is 2.12. The topological polar surface area (TPSA) is 91.1 Å². The summed E-state index contributed by atoms with van der Waals surface area (Å²) in [5.41, 5.74) is 2.62. The van der Waals surface area contributed by atoms with Crippen LogP contribution in [0.15, 0.2) is 60.8 Å². The lowest BCUT2D eigenvalue weighted by molar-refractivity contribution is 0.0956. The van der Waals surface area contributed by atoms with Crippen molar-refractivity contribution in [2.75, 3.05) is 18.8 Å². The van der Waals surface area contributed by atoms with Crippen molar-refractivity contribution in [2.24, 2.45) is 0 Å². The summed E-state index contributed by atoms with van der Waals surface area (Å²) in [5, 5.41) is 3.72. The number of amides is 1. The number of nitrogens with one attached hydrogen (secondary N) is 3. The summed E-state index contributed by atoms with van der Waals surface area (Å²) in [7, 11) is -3.44. The van der Waals surface area contributed by atoms with Gasteiger partial charge in [-0.1, -0.05) is 36.4 Å². The number of aromatic amines is 1. The zero-order valence-electron chi connectivity index (χ0n) is 14.2. The lowest BCUT2D eigenvalue weighted by Gasteiger charge is -2.08. The van der Waals surface area contributed by atoms with Gasteiger partial charge in [-0.15, -0.1) is 0 Å². The fraction of sp³-hybridized carbons (Fsp3) is 0.211. The van der Waals surface area contributed by atoms with Crippen LogP contribution < -0.4 is 10.0 Å². The zero-order chi connectivity index (χ0) is 18.4. The summed E-state index contributed by atoms with van der Waals surface area (Å²) in [6, 6.07) is 16.6. The maximum absolute atomic E-state index is 12.1. The van der Waals surface area contributed by atoms with Crippen LogP contribution in [-0.2, 0) is 16.4 Å². The van der Waals surface area contributed by atoms with Crippen molar-refractivity contribution < 1.29 is 13.2 Å². The van der Waals surface area contributed by atoms with E-state index < -0.39 is 10.0 Å². The van der Waals surface area contributed by atoms with Crippen molar-refractivity contribution in [3.63, 3.8) is 0 Å². The van der Waals surface area contributed by atoms with Crippen LogP contribution >= 0.6 is 0 Å². The van der Waals surface area contributed by atoms with Gasteiger partial charge in [-0.3, -0.25) is 4.79 Å². The molecule has 0 unspecified atom stereocenters. The highest BCUT2D eigenvalue weighted by Crippen LogP contribution is 2.17. The normalized spacial score (nSPS) is 11.5. The Balaban J connectivity index is 1.45. The Hall–Kier alpha value is -2.64. The average molecular weight is 371 g/mol. The van der Waals surface area contributed by atoms with Gasteiger partial charge < -0.3 is 10.3 Å². The number of benzene rings is 2. The minimum atomic E-state index is -3.44. The molecule has 136 valence electrons. The number of sulfonamides is 1. The summed E-state index contributed by atoms with van der Waals surface area (Å²) in [6.45, 7) is 0.382. The highest BCUT2D eigenvalue weighted by molar-refractivity contribution is 7.89. The third-order valence-corrected chi connectivity index (χ3v) is 5.47. The maximum Gasteiger partial charge on any atom is 0.251 e. The largest absolute Gasteiger partial charge is 0.361 e. The summed E-state index contributed by atoms with van der Waals surface area (Å²) >= 11 is 0. The smallest absolute Gasteiger partial charge is 0.251 e. The molecule has 0 saturated carbocycles. The molecule has 0 aliphatic carbocycles. The van der Waals surface area contributed by atoms with Crippen LogP contribution in [0.3, 0.4) is 0 Å². The molecule has 3 N–H and O–H groups in total. The van der Waals surface area contributed by atoms with Crippen molar-refractivity contribution in [3.8, 4) is 0 Å². The number of rotatable bonds is 8. The van der Waals surface area contributed by atoms with E-state index in [1.165, 1.54) is 0 Å². The number of aromatic nitrogens is 1. The van der Waals surface area contributed by atoms with Crippen LogP contribution in [0.4, 0.5) is 0 Å². The van der Waals surface area contributed by atoms with E-state index in [1.807, 2.05) is 36.5 Å². The highest BCUT2D eigenvalue weighted by atomic mass is 32.2. The van der Waals surface area contributed by atoms with E-state index in [0.29, 0.717) is 18.5 Å². The first-order valence-corrected chi connectivity index (χ1v) is 10.1. The molecule has 0 aliphatic rings. The van der Waals surface area contributed by atoms with Crippen molar-refractivity contribution >= 4 is 26.8 Å². The molecule has 1 amide bonds. The lowest BCUT2D eigenvalue weighted by Crippen LogP contribution is -2.35. The molecule has 0 radical (unpaired) electrons. The number of fused-ring (bicyclic) bond motifs is 1. The summed E-state index contributed by atoms with van der Waals surface area (Å²) in [5.74, 6) is -0.431. The number of hydrogen-bond donors (Lipinski definition) is 3. The monoisotopic (exact) mass is 371 g/mol. The van der Waals surface area contributed by atoms with Gasteiger partial charge in [0.2, 0.25) is 10.0 Å². The molecule has 7 heteroatoms. The average Bonchev–Trinajstić information content (AvgIpc) is 3.05. The second-order valence-electron chi connectivity index (χ2n) is 5.94. The van der Waals surface area contributed by atoms with Gasteiger partial charge in [0, 0.05) is 35.8 Å². The number of para-hydroxylation sites is 1. The Morgan fingerprint density at radius 1 is 0.962 bits per heavy atom. The first-order chi connectivity index (χ1) is 12.6. The van der Waals surface area contributed by atoms with Crippen LogP contribution in [-0.4, -0.2) is 38.2 Å². The van der Waals surface area contributed by atoms with Crippen LogP contribution in [0.2, 0.25) is 0 Å². The molecule has 6 nitrogen and oxygen atoms in total. The molecule has 2 aromatic carbocycles. The molecule has 0 saturated heterocycles. The van der Waals surface area contributed by atoms with E-state index >= 15 is 0 Å². The van der Waals surface area contributed by atoms with E-state index in [0.717, 1.165) is 16.5 Å². The van der Waals surface area contributed by atoms with Gasteiger partial charge in [-0.25, -0.2) is 13.1 Å². The Morgan fingerprint density at radius 3 is 2.50 bits per heavy atom. The van der Waals surface area contributed by atoms with Gasteiger partial charge in [0.15, 0.2) is 0 Å². The molecule has 3 aromatic rings. The van der Waals surface area contributed by atoms with Crippen LogP contribution in [0, 0.1) is 0 Å².